The first-order chi connectivity index (χ1) is 13.2. The van der Waals surface area contributed by atoms with Gasteiger partial charge in [-0.1, -0.05) is 12.1 Å². The molecule has 2 saturated heterocycles. The number of hydrogen-bond donors (Lipinski definition) is 0. The van der Waals surface area contributed by atoms with Crippen LogP contribution in [-0.4, -0.2) is 73.6 Å². The molecule has 2 fully saturated rings. The van der Waals surface area contributed by atoms with Gasteiger partial charge in [-0.3, -0.25) is 4.79 Å². The topological polar surface area (TPSA) is 55.8 Å². The van der Waals surface area contributed by atoms with Gasteiger partial charge in [-0.2, -0.15) is 4.98 Å². The molecule has 0 radical (unpaired) electrons. The number of anilines is 3. The van der Waals surface area contributed by atoms with Gasteiger partial charge in [0.2, 0.25) is 12.4 Å². The molecule has 1 aromatic heterocycles. The molecule has 1 aromatic carbocycles. The number of carbonyl (C=O) groups is 1. The quantitative estimate of drug-likeness (QED) is 0.763. The van der Waals surface area contributed by atoms with Crippen molar-refractivity contribution in [3.05, 3.63) is 42.1 Å². The van der Waals surface area contributed by atoms with Gasteiger partial charge in [0.15, 0.2) is 0 Å². The lowest BCUT2D eigenvalue weighted by atomic mass is 10.2. The van der Waals surface area contributed by atoms with Crippen molar-refractivity contribution < 1.29 is 4.79 Å². The second-order valence-electron chi connectivity index (χ2n) is 7.16. The van der Waals surface area contributed by atoms with Crippen LogP contribution >= 0.6 is 0 Å². The highest BCUT2D eigenvalue weighted by Crippen LogP contribution is 2.21. The Kier molecular flexibility index (Phi) is 5.09. The Balaban J connectivity index is 1.39. The Hall–Kier alpha value is -2.83. The molecule has 0 unspecified atom stereocenters. The number of benzene rings is 1. The second-order valence-corrected chi connectivity index (χ2v) is 7.16. The average Bonchev–Trinajstić information content (AvgIpc) is 2.74. The van der Waals surface area contributed by atoms with Crippen molar-refractivity contribution in [3.63, 3.8) is 0 Å². The molecule has 4 rings (SSSR count). The van der Waals surface area contributed by atoms with Gasteiger partial charge in [-0.15, -0.1) is 0 Å². The third kappa shape index (κ3) is 3.97. The maximum absolute atomic E-state index is 10.9. The fourth-order valence-corrected chi connectivity index (χ4v) is 3.71. The third-order valence-corrected chi connectivity index (χ3v) is 5.34. The molecule has 0 N–H and O–H groups in total. The first-order valence-corrected chi connectivity index (χ1v) is 9.57. The van der Waals surface area contributed by atoms with Crippen molar-refractivity contribution in [2.75, 3.05) is 67.1 Å². The number of rotatable bonds is 4. The molecular weight excluding hydrogens is 340 g/mol. The zero-order valence-electron chi connectivity index (χ0n) is 15.8. The molecule has 142 valence electrons. The molecule has 0 bridgehead atoms. The summed E-state index contributed by atoms with van der Waals surface area (Å²) in [5, 5.41) is 0. The molecule has 7 nitrogen and oxygen atoms in total. The van der Waals surface area contributed by atoms with Gasteiger partial charge < -0.3 is 19.6 Å². The summed E-state index contributed by atoms with van der Waals surface area (Å²) in [6.45, 7) is 9.02. The summed E-state index contributed by atoms with van der Waals surface area (Å²) in [6.07, 6.45) is 2.77. The van der Waals surface area contributed by atoms with E-state index in [-0.39, 0.29) is 0 Å². The molecule has 7 heteroatoms. The van der Waals surface area contributed by atoms with Crippen LogP contribution in [0.1, 0.15) is 5.56 Å². The number of carbonyl (C=O) groups excluding carboxylic acids is 1. The summed E-state index contributed by atoms with van der Waals surface area (Å²) in [5.41, 5.74) is 2.58. The van der Waals surface area contributed by atoms with Crippen molar-refractivity contribution in [1.82, 2.24) is 14.9 Å². The SMILES string of the molecule is Cc1cccc(N2CCN(c3nccc(N4CCN(C=O)CC4)n3)CC2)c1. The first kappa shape index (κ1) is 17.6. The molecule has 0 spiro atoms. The van der Waals surface area contributed by atoms with Crippen LogP contribution in [0.2, 0.25) is 0 Å². The summed E-state index contributed by atoms with van der Waals surface area (Å²) in [7, 11) is 0. The largest absolute Gasteiger partial charge is 0.368 e. The van der Waals surface area contributed by atoms with Crippen LogP contribution in [0, 0.1) is 6.92 Å². The highest BCUT2D eigenvalue weighted by atomic mass is 16.1. The van der Waals surface area contributed by atoms with Crippen molar-refractivity contribution in [2.24, 2.45) is 0 Å². The molecule has 2 aliphatic rings. The van der Waals surface area contributed by atoms with Crippen molar-refractivity contribution in [2.45, 2.75) is 6.92 Å². The standard InChI is InChI=1S/C20H26N6O/c1-17-3-2-4-18(15-17)24-11-13-26(14-12-24)20-21-6-5-19(22-20)25-9-7-23(16-27)8-10-25/h2-6,15-16H,7-14H2,1H3. The second kappa shape index (κ2) is 7.82. The van der Waals surface area contributed by atoms with E-state index < -0.39 is 0 Å². The monoisotopic (exact) mass is 366 g/mol. The van der Waals surface area contributed by atoms with Crippen LogP contribution < -0.4 is 14.7 Å². The van der Waals surface area contributed by atoms with Gasteiger partial charge in [-0.05, 0) is 30.7 Å². The molecule has 0 atom stereocenters. The molecule has 27 heavy (non-hydrogen) atoms. The van der Waals surface area contributed by atoms with Gasteiger partial charge in [0.25, 0.3) is 0 Å². The highest BCUT2D eigenvalue weighted by Gasteiger charge is 2.21. The summed E-state index contributed by atoms with van der Waals surface area (Å²) in [4.78, 5) is 28.9. The van der Waals surface area contributed by atoms with Gasteiger partial charge in [-0.25, -0.2) is 4.98 Å². The molecule has 1 amide bonds. The van der Waals surface area contributed by atoms with Crippen molar-refractivity contribution in [1.29, 1.82) is 0 Å². The van der Waals surface area contributed by atoms with E-state index in [2.05, 4.69) is 50.9 Å². The lowest BCUT2D eigenvalue weighted by Crippen LogP contribution is -2.48. The lowest BCUT2D eigenvalue weighted by Gasteiger charge is -2.37. The normalized spacial score (nSPS) is 18.0. The summed E-state index contributed by atoms with van der Waals surface area (Å²) in [5.74, 6) is 1.75. The smallest absolute Gasteiger partial charge is 0.227 e. The number of nitrogens with zero attached hydrogens (tertiary/aromatic N) is 6. The van der Waals surface area contributed by atoms with Crippen molar-refractivity contribution in [3.8, 4) is 0 Å². The fraction of sp³-hybridized carbons (Fsp3) is 0.450. The minimum atomic E-state index is 0.748. The predicted molar refractivity (Wildman–Crippen MR) is 107 cm³/mol. The summed E-state index contributed by atoms with van der Waals surface area (Å²) < 4.78 is 0. The van der Waals surface area contributed by atoms with E-state index in [1.54, 1.807) is 0 Å². The Morgan fingerprint density at radius 1 is 0.889 bits per heavy atom. The number of aryl methyl sites for hydroxylation is 1. The van der Waals surface area contributed by atoms with Crippen LogP contribution in [-0.2, 0) is 4.79 Å². The molecule has 2 aromatic rings. The molecule has 0 saturated carbocycles. The van der Waals surface area contributed by atoms with Gasteiger partial charge >= 0.3 is 0 Å². The fourth-order valence-electron chi connectivity index (χ4n) is 3.71. The minimum absolute atomic E-state index is 0.748. The summed E-state index contributed by atoms with van der Waals surface area (Å²) in [6, 6.07) is 10.6. The predicted octanol–water partition coefficient (Wildman–Crippen LogP) is 1.39. The van der Waals surface area contributed by atoms with Gasteiger partial charge in [0.05, 0.1) is 0 Å². The molecule has 3 heterocycles. The van der Waals surface area contributed by atoms with Crippen LogP contribution in [0.15, 0.2) is 36.5 Å². The Morgan fingerprint density at radius 3 is 2.30 bits per heavy atom. The molecule has 0 aliphatic carbocycles. The van der Waals surface area contributed by atoms with E-state index in [0.29, 0.717) is 0 Å². The number of aromatic nitrogens is 2. The van der Waals surface area contributed by atoms with Crippen molar-refractivity contribution >= 4 is 23.9 Å². The maximum Gasteiger partial charge on any atom is 0.227 e. The van der Waals surface area contributed by atoms with Gasteiger partial charge in [0.1, 0.15) is 5.82 Å². The molecule has 2 aliphatic heterocycles. The Bertz CT molecular complexity index is 782. The van der Waals surface area contributed by atoms with E-state index in [1.165, 1.54) is 11.3 Å². The van der Waals surface area contributed by atoms with E-state index in [4.69, 9.17) is 4.98 Å². The maximum atomic E-state index is 10.9. The Morgan fingerprint density at radius 2 is 1.59 bits per heavy atom. The van der Waals surface area contributed by atoms with E-state index in [0.717, 1.165) is 70.5 Å². The zero-order chi connectivity index (χ0) is 18.6. The zero-order valence-corrected chi connectivity index (χ0v) is 15.8. The van der Waals surface area contributed by atoms with Crippen LogP contribution in [0.3, 0.4) is 0 Å². The number of hydrogen-bond acceptors (Lipinski definition) is 6. The van der Waals surface area contributed by atoms with E-state index >= 15 is 0 Å². The Labute approximate surface area is 160 Å². The average molecular weight is 366 g/mol. The molecular formula is C20H26N6O. The van der Waals surface area contributed by atoms with Crippen LogP contribution in [0.4, 0.5) is 17.5 Å². The lowest BCUT2D eigenvalue weighted by molar-refractivity contribution is -0.118. The van der Waals surface area contributed by atoms with E-state index in [9.17, 15) is 4.79 Å². The summed E-state index contributed by atoms with van der Waals surface area (Å²) >= 11 is 0. The van der Waals surface area contributed by atoms with E-state index in [1.807, 2.05) is 17.2 Å². The van der Waals surface area contributed by atoms with Crippen LogP contribution in [0.25, 0.3) is 0 Å². The minimum Gasteiger partial charge on any atom is -0.368 e. The third-order valence-electron chi connectivity index (χ3n) is 5.34. The van der Waals surface area contributed by atoms with Gasteiger partial charge in [0, 0.05) is 64.2 Å². The highest BCUT2D eigenvalue weighted by molar-refractivity contribution is 5.52. The first-order valence-electron chi connectivity index (χ1n) is 9.57. The number of amides is 1. The van der Waals surface area contributed by atoms with Crippen LogP contribution in [0.5, 0.6) is 0 Å². The number of piperazine rings is 2.